The third-order valence-electron chi connectivity index (χ3n) is 8.37. The van der Waals surface area contributed by atoms with Gasteiger partial charge in [-0.2, -0.15) is 0 Å². The van der Waals surface area contributed by atoms with Gasteiger partial charge in [-0.05, 0) is 40.4 Å². The normalized spacial score (nSPS) is 12.1. The van der Waals surface area contributed by atoms with Gasteiger partial charge in [-0.15, -0.1) is 0 Å². The largest absolute Gasteiger partial charge is 0.340 e. The molecule has 0 unspecified atom stereocenters. The quantitative estimate of drug-likeness (QED) is 0.0954. The second-order valence-electron chi connectivity index (χ2n) is 10.4. The maximum atomic E-state index is 9.13. The molecule has 43 heavy (non-hydrogen) atoms. The number of rotatable bonds is 9. The van der Waals surface area contributed by atoms with Gasteiger partial charge in [-0.25, -0.2) is 0 Å². The first-order valence-corrected chi connectivity index (χ1v) is 14.1. The molecule has 1 aliphatic rings. The Morgan fingerprint density at radius 2 is 1.14 bits per heavy atom. The van der Waals surface area contributed by atoms with Crippen LogP contribution in [0.25, 0.3) is 74.9 Å². The van der Waals surface area contributed by atoms with Gasteiger partial charge in [0.15, 0.2) is 0 Å². The van der Waals surface area contributed by atoms with Gasteiger partial charge in [-0.3, -0.25) is 0 Å². The van der Waals surface area contributed by atoms with E-state index in [1.54, 1.807) is 0 Å². The molecule has 0 saturated carbocycles. The topological polar surface area (TPSA) is 159 Å². The molecule has 0 bridgehead atoms. The van der Waals surface area contributed by atoms with Gasteiger partial charge in [0.2, 0.25) is 0 Å². The van der Waals surface area contributed by atoms with Gasteiger partial charge >= 0.3 is 0 Å². The Hall–Kier alpha value is -5.79. The number of para-hydroxylation sites is 3. The van der Waals surface area contributed by atoms with E-state index in [-0.39, 0.29) is 0 Å². The lowest BCUT2D eigenvalue weighted by atomic mass is 9.90. The number of anilines is 2. The predicted octanol–water partition coefficient (Wildman–Crippen LogP) is 8.88. The highest BCUT2D eigenvalue weighted by Gasteiger charge is 2.32. The van der Waals surface area contributed by atoms with Crippen LogP contribution in [0.5, 0.6) is 0 Å². The van der Waals surface area contributed by atoms with E-state index in [1.807, 2.05) is 18.2 Å². The molecule has 0 spiro atoms. The molecule has 0 radical (unpaired) electrons. The summed E-state index contributed by atoms with van der Waals surface area (Å²) in [5, 5.41) is 16.1. The van der Waals surface area contributed by atoms with Gasteiger partial charge in [0.25, 0.3) is 0 Å². The average Bonchev–Trinajstić information content (AvgIpc) is 3.54. The summed E-state index contributed by atoms with van der Waals surface area (Å²) in [5.74, 6) is 0. The van der Waals surface area contributed by atoms with Crippen molar-refractivity contribution >= 4 is 55.0 Å². The molecule has 0 saturated heterocycles. The summed E-state index contributed by atoms with van der Waals surface area (Å²) < 4.78 is 4.56. The fourth-order valence-corrected chi connectivity index (χ4v) is 6.89. The molecule has 0 N–H and O–H groups in total. The Balaban J connectivity index is 1.71. The number of hydrogen-bond donors (Lipinski definition) is 0. The number of hydrogen-bond acceptors (Lipinski definition) is 4. The summed E-state index contributed by atoms with van der Waals surface area (Å²) in [7, 11) is 0. The molecule has 0 fully saturated rings. The summed E-state index contributed by atoms with van der Waals surface area (Å²) in [6.07, 6.45) is 0.714. The lowest BCUT2D eigenvalue weighted by Gasteiger charge is -2.35. The first-order valence-electron chi connectivity index (χ1n) is 14.1. The van der Waals surface area contributed by atoms with Crippen molar-refractivity contribution in [3.05, 3.63) is 115 Å². The molecule has 1 aliphatic heterocycles. The summed E-state index contributed by atoms with van der Waals surface area (Å²) in [6, 6.07) is 25.1. The van der Waals surface area contributed by atoms with Gasteiger partial charge in [0.1, 0.15) is 0 Å². The van der Waals surface area contributed by atoms with Crippen molar-refractivity contribution in [1.29, 1.82) is 0 Å². The summed E-state index contributed by atoms with van der Waals surface area (Å²) >= 11 is 0. The van der Waals surface area contributed by atoms with E-state index in [2.05, 4.69) is 98.7 Å². The minimum atomic E-state index is 0.305. The molecule has 4 aromatic carbocycles. The van der Waals surface area contributed by atoms with Crippen LogP contribution >= 0.6 is 0 Å². The van der Waals surface area contributed by atoms with Crippen molar-refractivity contribution in [1.82, 2.24) is 9.13 Å². The maximum Gasteiger partial charge on any atom is 0.0614 e. The monoisotopic (exact) mass is 566 g/mol. The van der Waals surface area contributed by atoms with Crippen molar-refractivity contribution < 1.29 is 0 Å². The molecule has 12 nitrogen and oxygen atoms in total. The van der Waals surface area contributed by atoms with Gasteiger partial charge in [0, 0.05) is 104 Å². The van der Waals surface area contributed by atoms with Crippen molar-refractivity contribution in [2.45, 2.75) is 19.5 Å². The van der Waals surface area contributed by atoms with E-state index in [0.29, 0.717) is 45.7 Å². The van der Waals surface area contributed by atoms with Crippen LogP contribution < -0.4 is 4.90 Å². The zero-order chi connectivity index (χ0) is 29.3. The van der Waals surface area contributed by atoms with Crippen LogP contribution in [0.2, 0.25) is 0 Å². The van der Waals surface area contributed by atoms with Crippen LogP contribution in [0.15, 0.2) is 88.1 Å². The van der Waals surface area contributed by atoms with Gasteiger partial charge in [-0.1, -0.05) is 69.9 Å². The summed E-state index contributed by atoms with van der Waals surface area (Å²) in [5.41, 5.74) is 36.1. The van der Waals surface area contributed by atoms with Crippen LogP contribution in [0.1, 0.15) is 11.1 Å². The van der Waals surface area contributed by atoms with Gasteiger partial charge < -0.3 is 14.0 Å². The first kappa shape index (κ1) is 26.1. The van der Waals surface area contributed by atoms with Crippen molar-refractivity contribution in [3.8, 4) is 0 Å². The first-order chi connectivity index (χ1) is 21.3. The average molecular weight is 567 g/mol. The summed E-state index contributed by atoms with van der Waals surface area (Å²) in [4.78, 5) is 11.4. The van der Waals surface area contributed by atoms with E-state index in [1.165, 1.54) is 11.1 Å². The van der Waals surface area contributed by atoms with Gasteiger partial charge in [0.05, 0.1) is 16.7 Å². The number of azide groups is 3. The number of fused-ring (bicyclic) bond motifs is 11. The van der Waals surface area contributed by atoms with Crippen LogP contribution in [0.4, 0.5) is 11.4 Å². The number of benzene rings is 4. The third kappa shape index (κ3) is 4.06. The van der Waals surface area contributed by atoms with E-state index >= 15 is 0 Å². The zero-order valence-electron chi connectivity index (χ0n) is 23.2. The van der Waals surface area contributed by atoms with Crippen LogP contribution in [0.3, 0.4) is 0 Å². The number of aromatic nitrogens is 2. The minimum Gasteiger partial charge on any atom is -0.340 e. The fourth-order valence-electron chi connectivity index (χ4n) is 6.89. The SMILES string of the molecule is [N-]=[N+]=NCCN1c2ccccc2Cc2c1c1c3ccccc3n(CCN=[N+]=[N-])c1c1c3ccccc3n(CCN=[N+]=[N-])c21. The number of nitrogens with zero attached hydrogens (tertiary/aromatic N) is 12. The highest BCUT2D eigenvalue weighted by atomic mass is 15.2. The molecule has 6 aromatic rings. The third-order valence-corrected chi connectivity index (χ3v) is 8.37. The lowest BCUT2D eigenvalue weighted by molar-refractivity contribution is 0.748. The molecule has 210 valence electrons. The molecule has 0 atom stereocenters. The smallest absolute Gasteiger partial charge is 0.0614 e. The Kier molecular flexibility index (Phi) is 6.62. The molecule has 7 rings (SSSR count). The second kappa shape index (κ2) is 10.9. The molecule has 12 heteroatoms. The summed E-state index contributed by atoms with van der Waals surface area (Å²) in [6.45, 7) is 2.46. The Bertz CT molecular complexity index is 2210. The highest BCUT2D eigenvalue weighted by molar-refractivity contribution is 6.30. The van der Waals surface area contributed by atoms with Crippen molar-refractivity contribution in [2.24, 2.45) is 15.3 Å². The second-order valence-corrected chi connectivity index (χ2v) is 10.4. The fraction of sp³-hybridized carbons (Fsp3) is 0.226. The molecule has 3 heterocycles. The predicted molar refractivity (Wildman–Crippen MR) is 171 cm³/mol. The van der Waals surface area contributed by atoms with Crippen molar-refractivity contribution in [3.63, 3.8) is 0 Å². The molecular formula is C31H26N12. The minimum absolute atomic E-state index is 0.305. The Labute approximate surface area is 245 Å². The molecular weight excluding hydrogens is 540 g/mol. The maximum absolute atomic E-state index is 9.13. The standard InChI is InChI=1S/C31H26N12/c32-38-35-13-16-41-24-10-4-1-7-20(24)19-23-29(41)27-22-9-3-6-12-26(22)43(18-15-37-40-34)31(27)28-21-8-2-5-11-25(21)42(30(23)28)17-14-36-39-33/h1-12H,13-19H2. The van der Waals surface area contributed by atoms with E-state index in [4.69, 9.17) is 16.6 Å². The molecule has 0 aliphatic carbocycles. The highest BCUT2D eigenvalue weighted by Crippen LogP contribution is 2.51. The van der Waals surface area contributed by atoms with E-state index in [0.717, 1.165) is 55.0 Å². The zero-order valence-corrected chi connectivity index (χ0v) is 23.2. The van der Waals surface area contributed by atoms with Crippen LogP contribution in [0, 0.1) is 0 Å². The van der Waals surface area contributed by atoms with E-state index < -0.39 is 0 Å². The van der Waals surface area contributed by atoms with Crippen molar-refractivity contribution in [2.75, 3.05) is 31.1 Å². The lowest BCUT2D eigenvalue weighted by Crippen LogP contribution is -2.27. The Morgan fingerprint density at radius 3 is 1.79 bits per heavy atom. The Morgan fingerprint density at radius 1 is 0.605 bits per heavy atom. The molecule has 0 amide bonds. The van der Waals surface area contributed by atoms with E-state index in [9.17, 15) is 0 Å². The molecule has 2 aromatic heterocycles. The van der Waals surface area contributed by atoms with Crippen LogP contribution in [-0.2, 0) is 19.5 Å². The van der Waals surface area contributed by atoms with Crippen LogP contribution in [-0.4, -0.2) is 35.3 Å².